The fraction of sp³-hybridized carbons (Fsp3) is 0.412. The number of hydrogen-bond acceptors (Lipinski definition) is 5. The first-order valence-corrected chi connectivity index (χ1v) is 8.32. The standard InChI is InChI=1S/C17H20ClFN4O/c1-12-21-16(18)10-17(22-12)20-11-15(23-5-7-24-8-6-23)13-3-2-4-14(19)9-13/h2-4,9-10,15H,5-8,11H2,1H3,(H,20,21,22)/t15-/m1/s1. The monoisotopic (exact) mass is 350 g/mol. The lowest BCUT2D eigenvalue weighted by molar-refractivity contribution is 0.0186. The summed E-state index contributed by atoms with van der Waals surface area (Å²) < 4.78 is 19.1. The summed E-state index contributed by atoms with van der Waals surface area (Å²) in [4.78, 5) is 10.7. The number of hydrogen-bond donors (Lipinski definition) is 1. The van der Waals surface area contributed by atoms with Crippen molar-refractivity contribution in [2.45, 2.75) is 13.0 Å². The highest BCUT2D eigenvalue weighted by Gasteiger charge is 2.23. The van der Waals surface area contributed by atoms with Gasteiger partial charge in [-0.2, -0.15) is 0 Å². The van der Waals surface area contributed by atoms with E-state index in [4.69, 9.17) is 16.3 Å². The van der Waals surface area contributed by atoms with Gasteiger partial charge < -0.3 is 10.1 Å². The minimum absolute atomic E-state index is 0.0265. The molecule has 0 saturated carbocycles. The maximum Gasteiger partial charge on any atom is 0.134 e. The van der Waals surface area contributed by atoms with Gasteiger partial charge in [0.2, 0.25) is 0 Å². The molecule has 2 aromatic rings. The zero-order valence-corrected chi connectivity index (χ0v) is 14.3. The van der Waals surface area contributed by atoms with Gasteiger partial charge in [-0.15, -0.1) is 0 Å². The lowest BCUT2D eigenvalue weighted by Gasteiger charge is -2.35. The molecule has 1 aliphatic heterocycles. The Morgan fingerprint density at radius 1 is 1.29 bits per heavy atom. The second-order valence-electron chi connectivity index (χ2n) is 5.72. The molecule has 0 bridgehead atoms. The van der Waals surface area contributed by atoms with E-state index < -0.39 is 0 Å². The van der Waals surface area contributed by atoms with Gasteiger partial charge in [-0.25, -0.2) is 14.4 Å². The Balaban J connectivity index is 1.78. The van der Waals surface area contributed by atoms with E-state index in [1.807, 2.05) is 6.07 Å². The summed E-state index contributed by atoms with van der Waals surface area (Å²) >= 11 is 5.98. The summed E-state index contributed by atoms with van der Waals surface area (Å²) in [6.07, 6.45) is 0. The molecule has 5 nitrogen and oxygen atoms in total. The molecule has 1 aliphatic rings. The van der Waals surface area contributed by atoms with Gasteiger partial charge >= 0.3 is 0 Å². The number of rotatable bonds is 5. The number of ether oxygens (including phenoxy) is 1. The first-order chi connectivity index (χ1) is 11.6. The van der Waals surface area contributed by atoms with Crippen LogP contribution >= 0.6 is 11.6 Å². The molecular weight excluding hydrogens is 331 g/mol. The molecule has 3 rings (SSSR count). The zero-order chi connectivity index (χ0) is 16.9. The van der Waals surface area contributed by atoms with Crippen molar-refractivity contribution in [1.82, 2.24) is 14.9 Å². The average Bonchev–Trinajstić information content (AvgIpc) is 2.55. The number of nitrogens with one attached hydrogen (secondary N) is 1. The number of aromatic nitrogens is 2. The largest absolute Gasteiger partial charge is 0.379 e. The van der Waals surface area contributed by atoms with Gasteiger partial charge in [-0.1, -0.05) is 23.7 Å². The van der Waals surface area contributed by atoms with Crippen molar-refractivity contribution >= 4 is 17.4 Å². The highest BCUT2D eigenvalue weighted by atomic mass is 35.5. The minimum atomic E-state index is -0.230. The smallest absolute Gasteiger partial charge is 0.134 e. The van der Waals surface area contributed by atoms with Gasteiger partial charge in [-0.3, -0.25) is 4.90 Å². The first kappa shape index (κ1) is 17.1. The maximum atomic E-state index is 13.7. The third-order valence-electron chi connectivity index (χ3n) is 4.00. The van der Waals surface area contributed by atoms with Crippen LogP contribution in [-0.4, -0.2) is 47.7 Å². The van der Waals surface area contributed by atoms with Crippen molar-refractivity contribution in [2.75, 3.05) is 38.2 Å². The molecule has 1 aromatic heterocycles. The SMILES string of the molecule is Cc1nc(Cl)cc(NC[C@H](c2cccc(F)c2)N2CCOCC2)n1. The van der Waals surface area contributed by atoms with Crippen molar-refractivity contribution in [2.24, 2.45) is 0 Å². The van der Waals surface area contributed by atoms with E-state index in [1.54, 1.807) is 25.1 Å². The molecule has 24 heavy (non-hydrogen) atoms. The van der Waals surface area contributed by atoms with Crippen LogP contribution in [0.1, 0.15) is 17.4 Å². The summed E-state index contributed by atoms with van der Waals surface area (Å²) in [5.74, 6) is 1.05. The van der Waals surface area contributed by atoms with Crippen LogP contribution in [0, 0.1) is 12.7 Å². The highest BCUT2D eigenvalue weighted by Crippen LogP contribution is 2.23. The molecule has 1 aromatic carbocycles. The second kappa shape index (κ2) is 7.88. The Kier molecular flexibility index (Phi) is 5.60. The average molecular weight is 351 g/mol. The lowest BCUT2D eigenvalue weighted by atomic mass is 10.0. The molecule has 1 atom stereocenters. The number of aryl methyl sites for hydroxylation is 1. The summed E-state index contributed by atoms with van der Waals surface area (Å²) in [5.41, 5.74) is 0.932. The predicted molar refractivity (Wildman–Crippen MR) is 91.8 cm³/mol. The van der Waals surface area contributed by atoms with E-state index in [2.05, 4.69) is 20.2 Å². The number of halogens is 2. The van der Waals surface area contributed by atoms with Crippen molar-refractivity contribution in [1.29, 1.82) is 0 Å². The van der Waals surface area contributed by atoms with Crippen LogP contribution in [0.2, 0.25) is 5.15 Å². The number of nitrogens with zero attached hydrogens (tertiary/aromatic N) is 3. The number of morpholine rings is 1. The van der Waals surface area contributed by atoms with Gasteiger partial charge in [-0.05, 0) is 24.6 Å². The zero-order valence-electron chi connectivity index (χ0n) is 13.5. The van der Waals surface area contributed by atoms with Crippen LogP contribution in [0.15, 0.2) is 30.3 Å². The Bertz CT molecular complexity index is 674. The topological polar surface area (TPSA) is 50.3 Å². The summed E-state index contributed by atoms with van der Waals surface area (Å²) in [7, 11) is 0. The Labute approximate surface area is 145 Å². The second-order valence-corrected chi connectivity index (χ2v) is 6.11. The molecule has 1 N–H and O–H groups in total. The van der Waals surface area contributed by atoms with Crippen LogP contribution in [0.5, 0.6) is 0 Å². The third-order valence-corrected chi connectivity index (χ3v) is 4.20. The van der Waals surface area contributed by atoms with Gasteiger partial charge in [0.25, 0.3) is 0 Å². The molecule has 0 radical (unpaired) electrons. The van der Waals surface area contributed by atoms with Crippen molar-refractivity contribution in [3.05, 3.63) is 52.7 Å². The molecule has 0 spiro atoms. The maximum absolute atomic E-state index is 13.7. The summed E-state index contributed by atoms with van der Waals surface area (Å²) in [6, 6.07) is 8.45. The van der Waals surface area contributed by atoms with Crippen molar-refractivity contribution in [3.8, 4) is 0 Å². The third kappa shape index (κ3) is 4.41. The normalized spacial score (nSPS) is 16.8. The van der Waals surface area contributed by atoms with E-state index in [0.717, 1.165) is 18.7 Å². The van der Waals surface area contributed by atoms with E-state index in [1.165, 1.54) is 6.07 Å². The molecule has 128 valence electrons. The van der Waals surface area contributed by atoms with Gasteiger partial charge in [0.1, 0.15) is 22.6 Å². The van der Waals surface area contributed by atoms with Gasteiger partial charge in [0.15, 0.2) is 0 Å². The minimum Gasteiger partial charge on any atom is -0.379 e. The number of benzene rings is 1. The Hall–Kier alpha value is -1.76. The fourth-order valence-corrected chi connectivity index (χ4v) is 3.11. The summed E-state index contributed by atoms with van der Waals surface area (Å²) in [5, 5.41) is 3.70. The predicted octanol–water partition coefficient (Wildman–Crippen LogP) is 3.06. The molecule has 0 aliphatic carbocycles. The first-order valence-electron chi connectivity index (χ1n) is 7.94. The van der Waals surface area contributed by atoms with Crippen molar-refractivity contribution < 1.29 is 9.13 Å². The molecule has 1 fully saturated rings. The Morgan fingerprint density at radius 2 is 2.08 bits per heavy atom. The quantitative estimate of drug-likeness (QED) is 0.840. The van der Waals surface area contributed by atoms with Crippen LogP contribution in [-0.2, 0) is 4.74 Å². The van der Waals surface area contributed by atoms with Crippen LogP contribution in [0.25, 0.3) is 0 Å². The van der Waals surface area contributed by atoms with E-state index in [9.17, 15) is 4.39 Å². The molecule has 7 heteroatoms. The Morgan fingerprint density at radius 3 is 2.79 bits per heavy atom. The van der Waals surface area contributed by atoms with Crippen molar-refractivity contribution in [3.63, 3.8) is 0 Å². The molecule has 1 saturated heterocycles. The van der Waals surface area contributed by atoms with Crippen LogP contribution in [0.4, 0.5) is 10.2 Å². The molecule has 2 heterocycles. The fourth-order valence-electron chi connectivity index (χ4n) is 2.88. The summed E-state index contributed by atoms with van der Waals surface area (Å²) in [6.45, 7) is 5.38. The molecule has 0 amide bonds. The van der Waals surface area contributed by atoms with Crippen LogP contribution in [0.3, 0.4) is 0 Å². The van der Waals surface area contributed by atoms with Gasteiger partial charge in [0, 0.05) is 25.7 Å². The molecule has 0 unspecified atom stereocenters. The lowest BCUT2D eigenvalue weighted by Crippen LogP contribution is -2.41. The van der Waals surface area contributed by atoms with Gasteiger partial charge in [0.05, 0.1) is 19.3 Å². The molecular formula is C17H20ClFN4O. The highest BCUT2D eigenvalue weighted by molar-refractivity contribution is 6.29. The van der Waals surface area contributed by atoms with E-state index in [0.29, 0.717) is 36.6 Å². The van der Waals surface area contributed by atoms with E-state index >= 15 is 0 Å². The van der Waals surface area contributed by atoms with E-state index in [-0.39, 0.29) is 11.9 Å². The van der Waals surface area contributed by atoms with Crippen LogP contribution < -0.4 is 5.32 Å². The number of anilines is 1.